The molecular weight excluding hydrogens is 424 g/mol. The van der Waals surface area contributed by atoms with Crippen LogP contribution in [0.25, 0.3) is 0 Å². The number of carbonyl (C=O) groups is 3. The molecule has 0 aliphatic carbocycles. The fourth-order valence-corrected chi connectivity index (χ4v) is 3.47. The van der Waals surface area contributed by atoms with E-state index in [-0.39, 0.29) is 24.0 Å². The summed E-state index contributed by atoms with van der Waals surface area (Å²) in [5.74, 6) is -1.58. The molecule has 0 radical (unpaired) electrons. The Balaban J connectivity index is 1.65. The molecule has 1 heterocycles. The maximum absolute atomic E-state index is 12.8. The van der Waals surface area contributed by atoms with E-state index >= 15 is 0 Å². The first-order chi connectivity index (χ1) is 15.9. The first kappa shape index (κ1) is 23.6. The van der Waals surface area contributed by atoms with Crippen molar-refractivity contribution in [2.75, 3.05) is 13.1 Å². The van der Waals surface area contributed by atoms with Gasteiger partial charge in [-0.2, -0.15) is 5.48 Å². The minimum Gasteiger partial charge on any atom is -0.370 e. The van der Waals surface area contributed by atoms with Gasteiger partial charge in [0.25, 0.3) is 5.91 Å². The summed E-state index contributed by atoms with van der Waals surface area (Å²) in [6.45, 7) is 1.28. The number of rotatable bonds is 6. The second kappa shape index (κ2) is 11.5. The maximum atomic E-state index is 12.8. The van der Waals surface area contributed by atoms with E-state index in [4.69, 9.17) is 16.3 Å². The average Bonchev–Trinajstić information content (AvgIpc) is 2.82. The van der Waals surface area contributed by atoms with Gasteiger partial charge in [0.1, 0.15) is 6.04 Å². The summed E-state index contributed by atoms with van der Waals surface area (Å²) in [4.78, 5) is 48.5. The Morgan fingerprint density at radius 1 is 1.00 bits per heavy atom. The molecule has 10 heteroatoms. The number of amides is 3. The number of carbonyl (C=O) groups excluding carboxylic acids is 3. The largest absolute Gasteiger partial charge is 0.370 e. The standard InChI is InChI=1S/C23H28N6O4/c24-22(25)26-18-11-7-10-17(15-18)20(30)28-33-21(31)19(14-16-8-3-1-4-9-16)27-23(32)29-12-5-2-6-13-29/h1,3-4,7-11,15,19H,2,5-6,12-14H2,(H,27,32)(H,28,30)(H4,24,25,26)/t19-/m0/s1. The molecule has 10 nitrogen and oxygen atoms in total. The highest BCUT2D eigenvalue weighted by atomic mass is 16.7. The lowest BCUT2D eigenvalue weighted by Crippen LogP contribution is -2.51. The molecule has 1 atom stereocenters. The predicted molar refractivity (Wildman–Crippen MR) is 123 cm³/mol. The highest BCUT2D eigenvalue weighted by molar-refractivity contribution is 5.95. The van der Waals surface area contributed by atoms with E-state index in [1.165, 1.54) is 12.1 Å². The first-order valence-corrected chi connectivity index (χ1v) is 10.7. The third-order valence-electron chi connectivity index (χ3n) is 5.12. The minimum absolute atomic E-state index is 0.146. The average molecular weight is 453 g/mol. The van der Waals surface area contributed by atoms with E-state index in [1.54, 1.807) is 17.0 Å². The normalized spacial score (nSPS) is 14.0. The molecular formula is C23H28N6O4. The Hall–Kier alpha value is -4.08. The van der Waals surface area contributed by atoms with Crippen molar-refractivity contribution in [2.45, 2.75) is 31.7 Å². The molecule has 0 spiro atoms. The third kappa shape index (κ3) is 7.23. The van der Waals surface area contributed by atoms with Crippen molar-refractivity contribution in [2.24, 2.45) is 16.5 Å². The van der Waals surface area contributed by atoms with E-state index in [9.17, 15) is 14.4 Å². The Morgan fingerprint density at radius 2 is 1.73 bits per heavy atom. The van der Waals surface area contributed by atoms with E-state index in [0.717, 1.165) is 24.8 Å². The molecule has 2 aromatic rings. The quantitative estimate of drug-likeness (QED) is 0.297. The number of nitrogens with two attached hydrogens (primary N) is 2. The monoisotopic (exact) mass is 452 g/mol. The molecule has 174 valence electrons. The highest BCUT2D eigenvalue weighted by Crippen LogP contribution is 2.14. The van der Waals surface area contributed by atoms with Crippen LogP contribution in [0.1, 0.15) is 35.2 Å². The molecule has 2 aromatic carbocycles. The van der Waals surface area contributed by atoms with Gasteiger partial charge in [-0.15, -0.1) is 0 Å². The molecule has 0 unspecified atom stereocenters. The van der Waals surface area contributed by atoms with Crippen LogP contribution >= 0.6 is 0 Å². The van der Waals surface area contributed by atoms with E-state index in [2.05, 4.69) is 15.8 Å². The molecule has 0 aromatic heterocycles. The summed E-state index contributed by atoms with van der Waals surface area (Å²) < 4.78 is 0. The molecule has 1 aliphatic heterocycles. The Morgan fingerprint density at radius 3 is 2.42 bits per heavy atom. The fraction of sp³-hybridized carbons (Fsp3) is 0.304. The fourth-order valence-electron chi connectivity index (χ4n) is 3.47. The molecule has 3 rings (SSSR count). The minimum atomic E-state index is -0.977. The number of hydroxylamine groups is 1. The summed E-state index contributed by atoms with van der Waals surface area (Å²) >= 11 is 0. The van der Waals surface area contributed by atoms with Crippen LogP contribution in [-0.4, -0.2) is 47.9 Å². The van der Waals surface area contributed by atoms with E-state index in [1.807, 2.05) is 30.3 Å². The Bertz CT molecular complexity index is 1000. The van der Waals surface area contributed by atoms with Crippen LogP contribution in [0.3, 0.4) is 0 Å². The van der Waals surface area contributed by atoms with Crippen LogP contribution in [-0.2, 0) is 16.1 Å². The number of guanidine groups is 1. The van der Waals surface area contributed by atoms with Crippen molar-refractivity contribution in [3.05, 3.63) is 65.7 Å². The van der Waals surface area contributed by atoms with Crippen molar-refractivity contribution < 1.29 is 19.2 Å². The molecule has 1 fully saturated rings. The second-order valence-electron chi connectivity index (χ2n) is 7.68. The molecule has 0 bridgehead atoms. The number of likely N-dealkylation sites (tertiary alicyclic amines) is 1. The molecule has 33 heavy (non-hydrogen) atoms. The van der Waals surface area contributed by atoms with Crippen molar-refractivity contribution in [1.29, 1.82) is 0 Å². The van der Waals surface area contributed by atoms with Crippen LogP contribution in [0.2, 0.25) is 0 Å². The van der Waals surface area contributed by atoms with Crippen LogP contribution in [0.15, 0.2) is 59.6 Å². The molecule has 1 saturated heterocycles. The van der Waals surface area contributed by atoms with Crippen molar-refractivity contribution >= 4 is 29.6 Å². The molecule has 3 amide bonds. The van der Waals surface area contributed by atoms with Crippen LogP contribution < -0.4 is 22.3 Å². The number of piperidine rings is 1. The van der Waals surface area contributed by atoms with Gasteiger partial charge in [0.2, 0.25) is 0 Å². The van der Waals surface area contributed by atoms with Gasteiger partial charge in [-0.1, -0.05) is 36.4 Å². The number of aliphatic imine (C=N–C) groups is 1. The van der Waals surface area contributed by atoms with Crippen LogP contribution in [0.4, 0.5) is 10.5 Å². The topological polar surface area (TPSA) is 152 Å². The van der Waals surface area contributed by atoms with Crippen molar-refractivity contribution in [3.63, 3.8) is 0 Å². The van der Waals surface area contributed by atoms with Crippen LogP contribution in [0, 0.1) is 0 Å². The predicted octanol–water partition coefficient (Wildman–Crippen LogP) is 1.59. The SMILES string of the molecule is NC(N)=Nc1cccc(C(=O)NOC(=O)[C@H](Cc2ccccc2)NC(=O)N2CCCCC2)c1. The van der Waals surface area contributed by atoms with Gasteiger partial charge < -0.3 is 26.5 Å². The smallest absolute Gasteiger partial charge is 0.354 e. The summed E-state index contributed by atoms with van der Waals surface area (Å²) in [6, 6.07) is 14.1. The highest BCUT2D eigenvalue weighted by Gasteiger charge is 2.27. The number of benzene rings is 2. The maximum Gasteiger partial charge on any atom is 0.354 e. The number of hydrogen-bond donors (Lipinski definition) is 4. The Labute approximate surface area is 191 Å². The third-order valence-corrected chi connectivity index (χ3v) is 5.12. The first-order valence-electron chi connectivity index (χ1n) is 10.7. The number of nitrogens with zero attached hydrogens (tertiary/aromatic N) is 2. The van der Waals surface area contributed by atoms with Gasteiger partial charge in [-0.25, -0.2) is 14.6 Å². The Kier molecular flexibility index (Phi) is 8.23. The molecule has 1 aliphatic rings. The van der Waals surface area contributed by atoms with Crippen molar-refractivity contribution in [1.82, 2.24) is 15.7 Å². The zero-order valence-electron chi connectivity index (χ0n) is 18.2. The lowest BCUT2D eigenvalue weighted by atomic mass is 10.1. The van der Waals surface area contributed by atoms with E-state index < -0.39 is 17.9 Å². The van der Waals surface area contributed by atoms with Crippen LogP contribution in [0.5, 0.6) is 0 Å². The van der Waals surface area contributed by atoms with Gasteiger partial charge in [-0.05, 0) is 43.0 Å². The van der Waals surface area contributed by atoms with Gasteiger partial charge in [0.05, 0.1) is 5.69 Å². The van der Waals surface area contributed by atoms with E-state index in [0.29, 0.717) is 18.8 Å². The lowest BCUT2D eigenvalue weighted by Gasteiger charge is -2.28. The zero-order valence-corrected chi connectivity index (χ0v) is 18.2. The summed E-state index contributed by atoms with van der Waals surface area (Å²) in [5.41, 5.74) is 14.3. The summed E-state index contributed by atoms with van der Waals surface area (Å²) in [6.07, 6.45) is 3.15. The molecule has 0 saturated carbocycles. The van der Waals surface area contributed by atoms with Gasteiger partial charge in [-0.3, -0.25) is 4.79 Å². The number of urea groups is 1. The van der Waals surface area contributed by atoms with Crippen molar-refractivity contribution in [3.8, 4) is 0 Å². The zero-order chi connectivity index (χ0) is 23.6. The van der Waals surface area contributed by atoms with Gasteiger partial charge in [0.15, 0.2) is 5.96 Å². The van der Waals surface area contributed by atoms with Gasteiger partial charge in [0, 0.05) is 25.1 Å². The second-order valence-corrected chi connectivity index (χ2v) is 7.68. The van der Waals surface area contributed by atoms with Gasteiger partial charge >= 0.3 is 12.0 Å². The number of hydrogen-bond acceptors (Lipinski definition) is 5. The summed E-state index contributed by atoms with van der Waals surface area (Å²) in [5, 5.41) is 2.74. The number of nitrogens with one attached hydrogen (secondary N) is 2. The lowest BCUT2D eigenvalue weighted by molar-refractivity contribution is -0.151. The molecule has 6 N–H and O–H groups in total. The summed E-state index contributed by atoms with van der Waals surface area (Å²) in [7, 11) is 0.